The maximum absolute atomic E-state index is 3.56. The highest BCUT2D eigenvalue weighted by Gasteiger charge is 2.35. The second kappa shape index (κ2) is 6.50. The average Bonchev–Trinajstić information content (AvgIpc) is 2.92. The van der Waals surface area contributed by atoms with E-state index in [4.69, 9.17) is 0 Å². The summed E-state index contributed by atoms with van der Waals surface area (Å²) in [6, 6.07) is 8.29. The van der Waals surface area contributed by atoms with Crippen molar-refractivity contribution in [1.82, 2.24) is 10.2 Å². The third-order valence-corrected chi connectivity index (χ3v) is 5.52. The first-order valence-corrected chi connectivity index (χ1v) is 8.67. The summed E-state index contributed by atoms with van der Waals surface area (Å²) in [5, 5.41) is 3.56. The molecule has 1 saturated carbocycles. The van der Waals surface area contributed by atoms with Crippen molar-refractivity contribution in [2.45, 2.75) is 58.0 Å². The van der Waals surface area contributed by atoms with Crippen LogP contribution in [-0.2, 0) is 0 Å². The molecule has 21 heavy (non-hydrogen) atoms. The summed E-state index contributed by atoms with van der Waals surface area (Å²) in [4.78, 5) is 2.78. The molecule has 0 aromatic heterocycles. The SMILES string of the molecule is CNC(CN1CCCC2CCCC21)c1cc(C)cc(C)c1. The van der Waals surface area contributed by atoms with Crippen LogP contribution >= 0.6 is 0 Å². The maximum atomic E-state index is 3.56. The van der Waals surface area contributed by atoms with Gasteiger partial charge in [-0.25, -0.2) is 0 Å². The Morgan fingerprint density at radius 3 is 2.52 bits per heavy atom. The lowest BCUT2D eigenvalue weighted by atomic mass is 9.91. The number of aryl methyl sites for hydroxylation is 2. The summed E-state index contributed by atoms with van der Waals surface area (Å²) < 4.78 is 0. The second-order valence-electron chi connectivity index (χ2n) is 7.16. The van der Waals surface area contributed by atoms with E-state index in [0.29, 0.717) is 6.04 Å². The Labute approximate surface area is 129 Å². The predicted octanol–water partition coefficient (Wildman–Crippen LogP) is 3.83. The monoisotopic (exact) mass is 286 g/mol. The minimum absolute atomic E-state index is 0.461. The van der Waals surface area contributed by atoms with Crippen molar-refractivity contribution in [2.75, 3.05) is 20.1 Å². The summed E-state index contributed by atoms with van der Waals surface area (Å²) in [7, 11) is 2.11. The molecular weight excluding hydrogens is 256 g/mol. The minimum atomic E-state index is 0.461. The first kappa shape index (κ1) is 15.1. The zero-order valence-corrected chi connectivity index (χ0v) is 13.9. The Morgan fingerprint density at radius 2 is 1.81 bits per heavy atom. The lowest BCUT2D eigenvalue weighted by Crippen LogP contribution is -2.46. The van der Waals surface area contributed by atoms with Crippen molar-refractivity contribution in [2.24, 2.45) is 5.92 Å². The number of likely N-dealkylation sites (N-methyl/N-ethyl adjacent to an activating group) is 1. The third-order valence-electron chi connectivity index (χ3n) is 5.52. The number of hydrogen-bond acceptors (Lipinski definition) is 2. The number of likely N-dealkylation sites (tertiary alicyclic amines) is 1. The van der Waals surface area contributed by atoms with Crippen molar-refractivity contribution in [3.05, 3.63) is 34.9 Å². The van der Waals surface area contributed by atoms with Gasteiger partial charge in [0.1, 0.15) is 0 Å². The number of benzene rings is 1. The van der Waals surface area contributed by atoms with Gasteiger partial charge in [-0.15, -0.1) is 0 Å². The fraction of sp³-hybridized carbons (Fsp3) is 0.684. The molecule has 0 amide bonds. The number of fused-ring (bicyclic) bond motifs is 1. The van der Waals surface area contributed by atoms with Gasteiger partial charge in [-0.3, -0.25) is 4.90 Å². The van der Waals surface area contributed by atoms with Gasteiger partial charge >= 0.3 is 0 Å². The summed E-state index contributed by atoms with van der Waals surface area (Å²) in [6.45, 7) is 6.87. The summed E-state index contributed by atoms with van der Waals surface area (Å²) >= 11 is 0. The quantitative estimate of drug-likeness (QED) is 0.905. The van der Waals surface area contributed by atoms with E-state index >= 15 is 0 Å². The Morgan fingerprint density at radius 1 is 1.10 bits per heavy atom. The molecule has 2 heteroatoms. The van der Waals surface area contributed by atoms with E-state index in [1.807, 2.05) is 0 Å². The highest BCUT2D eigenvalue weighted by atomic mass is 15.2. The van der Waals surface area contributed by atoms with Gasteiger partial charge in [0.05, 0.1) is 0 Å². The summed E-state index contributed by atoms with van der Waals surface area (Å²) in [6.07, 6.45) is 7.20. The van der Waals surface area contributed by atoms with Crippen LogP contribution in [0, 0.1) is 19.8 Å². The number of hydrogen-bond donors (Lipinski definition) is 1. The molecule has 1 aliphatic carbocycles. The van der Waals surface area contributed by atoms with Gasteiger partial charge in [-0.2, -0.15) is 0 Å². The topological polar surface area (TPSA) is 15.3 Å². The van der Waals surface area contributed by atoms with Crippen molar-refractivity contribution >= 4 is 0 Å². The Hall–Kier alpha value is -0.860. The van der Waals surface area contributed by atoms with Crippen molar-refractivity contribution < 1.29 is 0 Å². The zero-order chi connectivity index (χ0) is 14.8. The maximum Gasteiger partial charge on any atom is 0.0447 e. The Balaban J connectivity index is 1.74. The second-order valence-corrected chi connectivity index (χ2v) is 7.16. The lowest BCUT2D eigenvalue weighted by Gasteiger charge is -2.39. The molecule has 3 unspecified atom stereocenters. The smallest absolute Gasteiger partial charge is 0.0447 e. The predicted molar refractivity (Wildman–Crippen MR) is 89.7 cm³/mol. The van der Waals surface area contributed by atoms with Gasteiger partial charge in [0, 0.05) is 18.6 Å². The molecule has 2 nitrogen and oxygen atoms in total. The molecule has 116 valence electrons. The third kappa shape index (κ3) is 3.32. The van der Waals surface area contributed by atoms with Crippen LogP contribution in [0.15, 0.2) is 18.2 Å². The fourth-order valence-electron chi connectivity index (χ4n) is 4.59. The molecule has 1 aromatic rings. The van der Waals surface area contributed by atoms with E-state index in [9.17, 15) is 0 Å². The number of nitrogens with zero attached hydrogens (tertiary/aromatic N) is 1. The van der Waals surface area contributed by atoms with Gasteiger partial charge in [-0.1, -0.05) is 35.7 Å². The van der Waals surface area contributed by atoms with Crippen LogP contribution < -0.4 is 5.32 Å². The van der Waals surface area contributed by atoms with Gasteiger partial charge in [-0.05, 0) is 64.6 Å². The van der Waals surface area contributed by atoms with Gasteiger partial charge in [0.2, 0.25) is 0 Å². The van der Waals surface area contributed by atoms with Gasteiger partial charge < -0.3 is 5.32 Å². The standard InChI is InChI=1S/C19H30N2/c1-14-10-15(2)12-17(11-14)18(20-3)13-21-9-5-7-16-6-4-8-19(16)21/h10-12,16,18-20H,4-9,13H2,1-3H3. The Bertz CT molecular complexity index is 462. The van der Waals surface area contributed by atoms with Crippen LogP contribution in [0.25, 0.3) is 0 Å². The zero-order valence-electron chi connectivity index (χ0n) is 13.9. The molecular formula is C19H30N2. The van der Waals surface area contributed by atoms with Gasteiger partial charge in [0.15, 0.2) is 0 Å². The normalized spacial score (nSPS) is 27.6. The highest BCUT2D eigenvalue weighted by molar-refractivity contribution is 5.31. The molecule has 2 fully saturated rings. The Kier molecular flexibility index (Phi) is 4.66. The first-order valence-electron chi connectivity index (χ1n) is 8.67. The molecule has 1 aromatic carbocycles. The molecule has 0 radical (unpaired) electrons. The van der Waals surface area contributed by atoms with Crippen LogP contribution in [0.3, 0.4) is 0 Å². The first-order chi connectivity index (χ1) is 10.2. The van der Waals surface area contributed by atoms with E-state index in [0.717, 1.165) is 12.0 Å². The van der Waals surface area contributed by atoms with E-state index in [2.05, 4.69) is 49.3 Å². The lowest BCUT2D eigenvalue weighted by molar-refractivity contribution is 0.102. The molecule has 3 atom stereocenters. The molecule has 0 bridgehead atoms. The van der Waals surface area contributed by atoms with Crippen molar-refractivity contribution in [3.63, 3.8) is 0 Å². The van der Waals surface area contributed by atoms with Crippen LogP contribution in [0.2, 0.25) is 0 Å². The molecule has 1 aliphatic heterocycles. The van der Waals surface area contributed by atoms with E-state index in [-0.39, 0.29) is 0 Å². The average molecular weight is 286 g/mol. The molecule has 1 N–H and O–H groups in total. The minimum Gasteiger partial charge on any atom is -0.312 e. The number of nitrogens with one attached hydrogen (secondary N) is 1. The van der Waals surface area contributed by atoms with Crippen LogP contribution in [0.5, 0.6) is 0 Å². The summed E-state index contributed by atoms with van der Waals surface area (Å²) in [5.74, 6) is 0.982. The largest absolute Gasteiger partial charge is 0.312 e. The van der Waals surface area contributed by atoms with Crippen molar-refractivity contribution in [3.8, 4) is 0 Å². The molecule has 1 saturated heterocycles. The molecule has 0 spiro atoms. The van der Waals surface area contributed by atoms with E-state index < -0.39 is 0 Å². The van der Waals surface area contributed by atoms with Gasteiger partial charge in [0.25, 0.3) is 0 Å². The van der Waals surface area contributed by atoms with Crippen LogP contribution in [0.1, 0.15) is 54.8 Å². The van der Waals surface area contributed by atoms with Crippen LogP contribution in [-0.4, -0.2) is 31.1 Å². The number of piperidine rings is 1. The fourth-order valence-corrected chi connectivity index (χ4v) is 4.59. The van der Waals surface area contributed by atoms with Crippen molar-refractivity contribution in [1.29, 1.82) is 0 Å². The summed E-state index contributed by atoms with van der Waals surface area (Å²) in [5.41, 5.74) is 4.21. The highest BCUT2D eigenvalue weighted by Crippen LogP contribution is 2.37. The van der Waals surface area contributed by atoms with Crippen LogP contribution in [0.4, 0.5) is 0 Å². The molecule has 2 aliphatic rings. The number of rotatable bonds is 4. The molecule has 1 heterocycles. The van der Waals surface area contributed by atoms with E-state index in [1.165, 1.54) is 61.9 Å². The van der Waals surface area contributed by atoms with E-state index in [1.54, 1.807) is 0 Å². The molecule has 3 rings (SSSR count).